The van der Waals surface area contributed by atoms with E-state index in [1.54, 1.807) is 12.1 Å². The zero-order valence-corrected chi connectivity index (χ0v) is 17.9. The number of ether oxygens (including phenoxy) is 1. The van der Waals surface area contributed by atoms with Crippen molar-refractivity contribution < 1.29 is 19.1 Å². The lowest BCUT2D eigenvalue weighted by Crippen LogP contribution is -2.32. The van der Waals surface area contributed by atoms with E-state index in [1.165, 1.54) is 0 Å². The minimum absolute atomic E-state index is 0.309. The number of aryl methyl sites for hydroxylation is 1. The average molecular weight is 412 g/mol. The molecule has 0 heterocycles. The minimum Gasteiger partial charge on any atom is -0.454 e. The number of amides is 2. The van der Waals surface area contributed by atoms with Gasteiger partial charge in [-0.1, -0.05) is 17.7 Å². The van der Waals surface area contributed by atoms with Crippen molar-refractivity contribution in [1.82, 2.24) is 5.32 Å². The third-order valence-electron chi connectivity index (χ3n) is 4.52. The van der Waals surface area contributed by atoms with Crippen LogP contribution in [0.1, 0.15) is 36.7 Å². The predicted molar refractivity (Wildman–Crippen MR) is 118 cm³/mol. The van der Waals surface area contributed by atoms with Gasteiger partial charge in [0.2, 0.25) is 0 Å². The Morgan fingerprint density at radius 3 is 2.20 bits per heavy atom. The summed E-state index contributed by atoms with van der Waals surface area (Å²) >= 11 is 0. The second-order valence-electron chi connectivity index (χ2n) is 7.18. The Bertz CT molecular complexity index is 861. The quantitative estimate of drug-likeness (QED) is 0.619. The van der Waals surface area contributed by atoms with Crippen LogP contribution >= 0.6 is 0 Å². The number of carbonyl (C=O) groups is 3. The van der Waals surface area contributed by atoms with Gasteiger partial charge in [0.1, 0.15) is 6.54 Å². The molecule has 7 nitrogen and oxygen atoms in total. The first-order chi connectivity index (χ1) is 14.3. The molecule has 0 fully saturated rings. The van der Waals surface area contributed by atoms with Gasteiger partial charge in [0.25, 0.3) is 11.8 Å². The van der Waals surface area contributed by atoms with E-state index in [1.807, 2.05) is 43.3 Å². The van der Waals surface area contributed by atoms with Gasteiger partial charge in [-0.15, -0.1) is 0 Å². The molecule has 0 aliphatic heterocycles. The number of hydrogen-bond donors (Lipinski definition) is 2. The van der Waals surface area contributed by atoms with Crippen LogP contribution in [0.15, 0.2) is 48.5 Å². The Kier molecular flexibility index (Phi) is 8.41. The van der Waals surface area contributed by atoms with Crippen LogP contribution in [0.4, 0.5) is 11.4 Å². The first-order valence-electron chi connectivity index (χ1n) is 9.97. The van der Waals surface area contributed by atoms with Gasteiger partial charge in [0, 0.05) is 29.5 Å². The number of esters is 1. The number of benzene rings is 2. The fourth-order valence-electron chi connectivity index (χ4n) is 2.94. The van der Waals surface area contributed by atoms with Crippen LogP contribution in [0, 0.1) is 6.92 Å². The molecule has 0 bridgehead atoms. The molecule has 0 atom stereocenters. The topological polar surface area (TPSA) is 87.7 Å². The molecule has 160 valence electrons. The van der Waals surface area contributed by atoms with Crippen LogP contribution in [-0.4, -0.2) is 43.5 Å². The van der Waals surface area contributed by atoms with Crippen LogP contribution in [0.5, 0.6) is 0 Å². The molecule has 0 saturated carbocycles. The van der Waals surface area contributed by atoms with Crippen LogP contribution in [0.25, 0.3) is 0 Å². The molecule has 0 radical (unpaired) electrons. The third-order valence-corrected chi connectivity index (χ3v) is 4.52. The lowest BCUT2D eigenvalue weighted by molar-refractivity contribution is -0.146. The van der Waals surface area contributed by atoms with E-state index in [-0.39, 0.29) is 12.5 Å². The van der Waals surface area contributed by atoms with Gasteiger partial charge in [-0.25, -0.2) is 0 Å². The molecule has 2 aromatic carbocycles. The zero-order chi connectivity index (χ0) is 22.1. The normalized spacial score (nSPS) is 10.4. The summed E-state index contributed by atoms with van der Waals surface area (Å²) in [5.74, 6) is -1.51. The Labute approximate surface area is 177 Å². The van der Waals surface area contributed by atoms with Crippen LogP contribution in [-0.2, 0) is 14.3 Å². The van der Waals surface area contributed by atoms with Crippen molar-refractivity contribution >= 4 is 29.2 Å². The Hall–Kier alpha value is -3.35. The summed E-state index contributed by atoms with van der Waals surface area (Å²) in [5, 5.41) is 5.16. The smallest absolute Gasteiger partial charge is 0.325 e. The number of anilines is 2. The van der Waals surface area contributed by atoms with E-state index in [0.717, 1.165) is 17.8 Å². The summed E-state index contributed by atoms with van der Waals surface area (Å²) in [7, 11) is 0. The summed E-state index contributed by atoms with van der Waals surface area (Å²) in [6.07, 6.45) is 0. The van der Waals surface area contributed by atoms with Crippen molar-refractivity contribution in [2.24, 2.45) is 0 Å². The highest BCUT2D eigenvalue weighted by atomic mass is 16.5. The highest BCUT2D eigenvalue weighted by Crippen LogP contribution is 2.19. The van der Waals surface area contributed by atoms with Gasteiger partial charge in [-0.2, -0.15) is 0 Å². The van der Waals surface area contributed by atoms with Crippen LogP contribution in [0.2, 0.25) is 0 Å². The van der Waals surface area contributed by atoms with Gasteiger partial charge >= 0.3 is 5.97 Å². The molecule has 7 heteroatoms. The van der Waals surface area contributed by atoms with Crippen molar-refractivity contribution in [3.05, 3.63) is 59.7 Å². The molecule has 0 unspecified atom stereocenters. The van der Waals surface area contributed by atoms with E-state index in [4.69, 9.17) is 4.74 Å². The van der Waals surface area contributed by atoms with Crippen molar-refractivity contribution in [3.63, 3.8) is 0 Å². The monoisotopic (exact) mass is 411 g/mol. The summed E-state index contributed by atoms with van der Waals surface area (Å²) in [6, 6.07) is 14.8. The highest BCUT2D eigenvalue weighted by molar-refractivity contribution is 5.96. The van der Waals surface area contributed by atoms with Crippen molar-refractivity contribution in [2.45, 2.75) is 33.7 Å². The largest absolute Gasteiger partial charge is 0.454 e. The summed E-state index contributed by atoms with van der Waals surface area (Å²) in [6.45, 7) is 8.41. The zero-order valence-electron chi connectivity index (χ0n) is 17.9. The molecule has 0 spiro atoms. The number of nitrogens with zero attached hydrogens (tertiary/aromatic N) is 1. The van der Waals surface area contributed by atoms with Gasteiger partial charge in [0.15, 0.2) is 6.61 Å². The van der Waals surface area contributed by atoms with E-state index >= 15 is 0 Å². The summed E-state index contributed by atoms with van der Waals surface area (Å²) in [4.78, 5) is 38.0. The summed E-state index contributed by atoms with van der Waals surface area (Å²) in [5.41, 5.74) is 3.18. The Morgan fingerprint density at radius 1 is 1.00 bits per heavy atom. The number of nitrogens with one attached hydrogen (secondary N) is 2. The number of rotatable bonds is 9. The average Bonchev–Trinajstić information content (AvgIpc) is 2.72. The molecule has 2 N–H and O–H groups in total. The number of hydrogen-bond acceptors (Lipinski definition) is 5. The molecule has 2 aromatic rings. The maximum absolute atomic E-state index is 12.0. The predicted octanol–water partition coefficient (Wildman–Crippen LogP) is 3.14. The molecule has 30 heavy (non-hydrogen) atoms. The van der Waals surface area contributed by atoms with E-state index in [0.29, 0.717) is 17.3 Å². The van der Waals surface area contributed by atoms with Gasteiger partial charge < -0.3 is 20.3 Å². The molecule has 0 saturated heterocycles. The molecular formula is C23H29N3O4. The maximum Gasteiger partial charge on any atom is 0.325 e. The molecule has 0 aromatic heterocycles. The fourth-order valence-corrected chi connectivity index (χ4v) is 2.94. The molecule has 0 aliphatic carbocycles. The SMILES string of the molecule is CCN(c1ccc(NC(=O)COC(=O)CNC(=O)c2ccc(C)cc2)cc1)C(C)C. The van der Waals surface area contributed by atoms with Crippen molar-refractivity contribution in [2.75, 3.05) is 29.9 Å². The second-order valence-corrected chi connectivity index (χ2v) is 7.18. The molecule has 2 amide bonds. The molecular weight excluding hydrogens is 382 g/mol. The van der Waals surface area contributed by atoms with Crippen molar-refractivity contribution in [3.8, 4) is 0 Å². The van der Waals surface area contributed by atoms with Gasteiger partial charge in [0.05, 0.1) is 0 Å². The molecule has 2 rings (SSSR count). The van der Waals surface area contributed by atoms with E-state index in [9.17, 15) is 14.4 Å². The minimum atomic E-state index is -0.684. The van der Waals surface area contributed by atoms with E-state index in [2.05, 4.69) is 36.3 Å². The van der Waals surface area contributed by atoms with E-state index < -0.39 is 18.5 Å². The number of carbonyl (C=O) groups excluding carboxylic acids is 3. The Morgan fingerprint density at radius 2 is 1.63 bits per heavy atom. The molecule has 0 aliphatic rings. The fraction of sp³-hybridized carbons (Fsp3) is 0.348. The van der Waals surface area contributed by atoms with Crippen LogP contribution in [0.3, 0.4) is 0 Å². The highest BCUT2D eigenvalue weighted by Gasteiger charge is 2.12. The first-order valence-corrected chi connectivity index (χ1v) is 9.97. The van der Waals surface area contributed by atoms with Gasteiger partial charge in [-0.3, -0.25) is 14.4 Å². The standard InChI is InChI=1S/C23H29N3O4/c1-5-26(16(2)3)20-12-10-19(11-13-20)25-21(27)15-30-22(28)14-24-23(29)18-8-6-17(4)7-9-18/h6-13,16H,5,14-15H2,1-4H3,(H,24,29)(H,25,27). The summed E-state index contributed by atoms with van der Waals surface area (Å²) < 4.78 is 4.92. The second kappa shape index (κ2) is 11.0. The maximum atomic E-state index is 12.0. The lowest BCUT2D eigenvalue weighted by Gasteiger charge is -2.27. The van der Waals surface area contributed by atoms with Crippen LogP contribution < -0.4 is 15.5 Å². The third kappa shape index (κ3) is 6.92. The Balaban J connectivity index is 1.75. The van der Waals surface area contributed by atoms with Crippen molar-refractivity contribution in [1.29, 1.82) is 0 Å². The first kappa shape index (κ1) is 22.9. The lowest BCUT2D eigenvalue weighted by atomic mass is 10.1. The van der Waals surface area contributed by atoms with Gasteiger partial charge in [-0.05, 0) is 64.1 Å².